The Labute approximate surface area is 104 Å². The van der Waals surface area contributed by atoms with Crippen molar-refractivity contribution < 1.29 is 4.79 Å². The normalized spacial score (nSPS) is 11.2. The molecule has 1 aromatic rings. The lowest BCUT2D eigenvalue weighted by Gasteiger charge is -2.21. The van der Waals surface area contributed by atoms with Crippen LogP contribution in [0.15, 0.2) is 24.3 Å². The molecule has 4 heteroatoms. The van der Waals surface area contributed by atoms with Crippen LogP contribution >= 0.6 is 22.6 Å². The number of carbonyl (C=O) groups is 1. The van der Waals surface area contributed by atoms with Gasteiger partial charge in [0.05, 0.1) is 5.56 Å². The third kappa shape index (κ3) is 4.17. The third-order valence-electron chi connectivity index (χ3n) is 1.67. The fraction of sp³-hybridized carbons (Fsp3) is 0.364. The molecule has 0 fully saturated rings. The standard InChI is InChI=1S/C11H15IN2O/c1-11(2,3)14-13-10(15)8-6-4-5-7-9(8)12/h4-7,14H,1-3H3,(H,13,15). The fourth-order valence-corrected chi connectivity index (χ4v) is 1.59. The van der Waals surface area contributed by atoms with Crippen LogP contribution in [0.2, 0.25) is 0 Å². The predicted molar refractivity (Wildman–Crippen MR) is 69.5 cm³/mol. The maximum atomic E-state index is 11.7. The molecule has 0 aliphatic heterocycles. The third-order valence-corrected chi connectivity index (χ3v) is 2.61. The second-order valence-corrected chi connectivity index (χ2v) is 5.47. The molecule has 3 nitrogen and oxygen atoms in total. The van der Waals surface area contributed by atoms with Gasteiger partial charge in [-0.3, -0.25) is 10.2 Å². The highest BCUT2D eigenvalue weighted by Gasteiger charge is 2.13. The average Bonchev–Trinajstić information content (AvgIpc) is 2.14. The Morgan fingerprint density at radius 3 is 2.40 bits per heavy atom. The van der Waals surface area contributed by atoms with Gasteiger partial charge in [-0.05, 0) is 55.5 Å². The van der Waals surface area contributed by atoms with Gasteiger partial charge in [0.15, 0.2) is 0 Å². The van der Waals surface area contributed by atoms with Crippen LogP contribution in [0, 0.1) is 3.57 Å². The van der Waals surface area contributed by atoms with Crippen LogP contribution in [-0.2, 0) is 0 Å². The van der Waals surface area contributed by atoms with Crippen LogP contribution in [-0.4, -0.2) is 11.4 Å². The van der Waals surface area contributed by atoms with Crippen molar-refractivity contribution in [3.63, 3.8) is 0 Å². The first kappa shape index (κ1) is 12.4. The molecule has 0 unspecified atom stereocenters. The molecule has 0 aliphatic carbocycles. The van der Waals surface area contributed by atoms with Crippen molar-refractivity contribution in [3.8, 4) is 0 Å². The molecular formula is C11H15IN2O. The summed E-state index contributed by atoms with van der Waals surface area (Å²) >= 11 is 2.15. The van der Waals surface area contributed by atoms with Crippen LogP contribution in [0.4, 0.5) is 0 Å². The van der Waals surface area contributed by atoms with E-state index in [1.807, 2.05) is 39.0 Å². The first-order valence-electron chi connectivity index (χ1n) is 4.72. The van der Waals surface area contributed by atoms with Crippen LogP contribution in [0.5, 0.6) is 0 Å². The maximum Gasteiger partial charge on any atom is 0.266 e. The minimum atomic E-state index is -0.129. The van der Waals surface area contributed by atoms with Gasteiger partial charge >= 0.3 is 0 Å². The van der Waals surface area contributed by atoms with E-state index < -0.39 is 0 Å². The van der Waals surface area contributed by atoms with Gasteiger partial charge in [-0.2, -0.15) is 0 Å². The van der Waals surface area contributed by atoms with Crippen molar-refractivity contribution in [1.29, 1.82) is 0 Å². The zero-order chi connectivity index (χ0) is 11.5. The Hall–Kier alpha value is -0.620. The van der Waals surface area contributed by atoms with E-state index in [9.17, 15) is 4.79 Å². The van der Waals surface area contributed by atoms with Crippen LogP contribution in [0.25, 0.3) is 0 Å². The fourth-order valence-electron chi connectivity index (χ4n) is 0.957. The Bertz CT molecular complexity index is 358. The van der Waals surface area contributed by atoms with Gasteiger partial charge in [0, 0.05) is 9.11 Å². The minimum absolute atomic E-state index is 0.102. The lowest BCUT2D eigenvalue weighted by atomic mass is 10.1. The van der Waals surface area contributed by atoms with Crippen molar-refractivity contribution in [3.05, 3.63) is 33.4 Å². The molecule has 82 valence electrons. The Morgan fingerprint density at radius 2 is 1.87 bits per heavy atom. The smallest absolute Gasteiger partial charge is 0.266 e. The number of hydrazine groups is 1. The van der Waals surface area contributed by atoms with E-state index in [0.717, 1.165) is 3.57 Å². The molecule has 0 bridgehead atoms. The molecule has 0 atom stereocenters. The van der Waals surface area contributed by atoms with Gasteiger partial charge in [0.25, 0.3) is 5.91 Å². The summed E-state index contributed by atoms with van der Waals surface area (Å²) in [6, 6.07) is 7.48. The van der Waals surface area contributed by atoms with Gasteiger partial charge in [-0.25, -0.2) is 5.43 Å². The average molecular weight is 318 g/mol. The number of carbonyl (C=O) groups excluding carboxylic acids is 1. The summed E-state index contributed by atoms with van der Waals surface area (Å²) in [6.07, 6.45) is 0. The topological polar surface area (TPSA) is 41.1 Å². The zero-order valence-electron chi connectivity index (χ0n) is 9.10. The monoisotopic (exact) mass is 318 g/mol. The quantitative estimate of drug-likeness (QED) is 0.649. The Balaban J connectivity index is 2.66. The summed E-state index contributed by atoms with van der Waals surface area (Å²) in [5.74, 6) is -0.102. The molecule has 0 aliphatic rings. The highest BCUT2D eigenvalue weighted by Crippen LogP contribution is 2.10. The van der Waals surface area contributed by atoms with Crippen molar-refractivity contribution >= 4 is 28.5 Å². The van der Waals surface area contributed by atoms with Crippen molar-refractivity contribution in [2.45, 2.75) is 26.3 Å². The molecule has 2 N–H and O–H groups in total. The summed E-state index contributed by atoms with van der Waals surface area (Å²) in [7, 11) is 0. The highest BCUT2D eigenvalue weighted by atomic mass is 127. The second kappa shape index (κ2) is 4.94. The molecule has 0 saturated carbocycles. The molecule has 1 amide bonds. The second-order valence-electron chi connectivity index (χ2n) is 4.31. The van der Waals surface area contributed by atoms with Gasteiger partial charge in [-0.1, -0.05) is 12.1 Å². The van der Waals surface area contributed by atoms with E-state index in [1.54, 1.807) is 6.07 Å². The minimum Gasteiger partial charge on any atom is -0.287 e. The Morgan fingerprint density at radius 1 is 1.27 bits per heavy atom. The van der Waals surface area contributed by atoms with Crippen molar-refractivity contribution in [2.24, 2.45) is 0 Å². The number of rotatable bonds is 2. The number of amides is 1. The number of benzene rings is 1. The van der Waals surface area contributed by atoms with Crippen molar-refractivity contribution in [1.82, 2.24) is 10.9 Å². The summed E-state index contributed by atoms with van der Waals surface area (Å²) in [5, 5.41) is 0. The van der Waals surface area contributed by atoms with Crippen LogP contribution in [0.3, 0.4) is 0 Å². The van der Waals surface area contributed by atoms with Crippen LogP contribution in [0.1, 0.15) is 31.1 Å². The maximum absolute atomic E-state index is 11.7. The van der Waals surface area contributed by atoms with Gasteiger partial charge in [0.2, 0.25) is 0 Å². The molecule has 0 aromatic heterocycles. The molecule has 0 heterocycles. The van der Waals surface area contributed by atoms with E-state index in [1.165, 1.54) is 0 Å². The van der Waals surface area contributed by atoms with Crippen molar-refractivity contribution in [2.75, 3.05) is 0 Å². The lowest BCUT2D eigenvalue weighted by Crippen LogP contribution is -2.48. The summed E-state index contributed by atoms with van der Waals surface area (Å²) in [6.45, 7) is 5.97. The van der Waals surface area contributed by atoms with Gasteiger partial charge < -0.3 is 0 Å². The van der Waals surface area contributed by atoms with Crippen LogP contribution < -0.4 is 10.9 Å². The van der Waals surface area contributed by atoms with Gasteiger partial charge in [-0.15, -0.1) is 0 Å². The molecule has 15 heavy (non-hydrogen) atoms. The zero-order valence-corrected chi connectivity index (χ0v) is 11.3. The first-order valence-corrected chi connectivity index (χ1v) is 5.80. The van der Waals surface area contributed by atoms with E-state index in [-0.39, 0.29) is 11.4 Å². The molecule has 0 saturated heterocycles. The van der Waals surface area contributed by atoms with E-state index in [0.29, 0.717) is 5.56 Å². The van der Waals surface area contributed by atoms with E-state index >= 15 is 0 Å². The number of hydrogen-bond donors (Lipinski definition) is 2. The number of hydrogen-bond acceptors (Lipinski definition) is 2. The Kier molecular flexibility index (Phi) is 4.10. The van der Waals surface area contributed by atoms with E-state index in [4.69, 9.17) is 0 Å². The number of halogens is 1. The van der Waals surface area contributed by atoms with Gasteiger partial charge in [0.1, 0.15) is 0 Å². The number of nitrogens with one attached hydrogen (secondary N) is 2. The summed E-state index contributed by atoms with van der Waals surface area (Å²) in [4.78, 5) is 11.7. The summed E-state index contributed by atoms with van der Waals surface area (Å²) in [5.41, 5.74) is 6.19. The molecular weight excluding hydrogens is 303 g/mol. The SMILES string of the molecule is CC(C)(C)NNC(=O)c1ccccc1I. The molecule has 0 radical (unpaired) electrons. The largest absolute Gasteiger partial charge is 0.287 e. The predicted octanol–water partition coefficient (Wildman–Crippen LogP) is 2.32. The molecule has 1 aromatic carbocycles. The summed E-state index contributed by atoms with van der Waals surface area (Å²) < 4.78 is 0.948. The molecule has 0 spiro atoms. The van der Waals surface area contributed by atoms with E-state index in [2.05, 4.69) is 33.4 Å². The molecule has 1 rings (SSSR count). The first-order chi connectivity index (χ1) is 6.90. The highest BCUT2D eigenvalue weighted by molar-refractivity contribution is 14.1. The lowest BCUT2D eigenvalue weighted by molar-refractivity contribution is 0.0913.